The van der Waals surface area contributed by atoms with Crippen molar-refractivity contribution in [2.45, 2.75) is 53.2 Å². The van der Waals surface area contributed by atoms with E-state index >= 15 is 0 Å². The molecule has 1 aliphatic rings. The lowest BCUT2D eigenvalue weighted by Gasteiger charge is -2.35. The molecule has 1 saturated heterocycles. The molecule has 2 atom stereocenters. The summed E-state index contributed by atoms with van der Waals surface area (Å²) in [6, 6.07) is 0. The molecule has 21 heavy (non-hydrogen) atoms. The number of guanidine groups is 1. The molecule has 0 aromatic rings. The predicted octanol–water partition coefficient (Wildman–Crippen LogP) is 1.70. The van der Waals surface area contributed by atoms with E-state index in [-0.39, 0.29) is 0 Å². The highest BCUT2D eigenvalue weighted by molar-refractivity contribution is 5.79. The Morgan fingerprint density at radius 1 is 1.24 bits per heavy atom. The fourth-order valence-electron chi connectivity index (χ4n) is 2.59. The van der Waals surface area contributed by atoms with Crippen molar-refractivity contribution in [1.82, 2.24) is 15.5 Å². The van der Waals surface area contributed by atoms with Crippen LogP contribution < -0.4 is 10.6 Å². The molecule has 2 N–H and O–H groups in total. The second-order valence-corrected chi connectivity index (χ2v) is 6.41. The largest absolute Gasteiger partial charge is 0.373 e. The Labute approximate surface area is 130 Å². The van der Waals surface area contributed by atoms with Gasteiger partial charge in [0.15, 0.2) is 5.96 Å². The molecule has 0 spiro atoms. The zero-order valence-electron chi connectivity index (χ0n) is 14.5. The number of morpholine rings is 1. The lowest BCUT2D eigenvalue weighted by Crippen LogP contribution is -2.46. The summed E-state index contributed by atoms with van der Waals surface area (Å²) in [5, 5.41) is 6.71. The first-order chi connectivity index (χ1) is 10.0. The minimum atomic E-state index is 0.353. The summed E-state index contributed by atoms with van der Waals surface area (Å²) in [7, 11) is 0. The predicted molar refractivity (Wildman–Crippen MR) is 89.9 cm³/mol. The molecule has 1 aliphatic heterocycles. The number of aliphatic imine (C=N–C) groups is 1. The lowest BCUT2D eigenvalue weighted by molar-refractivity contribution is -0.0679. The van der Waals surface area contributed by atoms with Crippen LogP contribution >= 0.6 is 0 Å². The molecule has 0 radical (unpaired) electrons. The number of nitrogens with zero attached hydrogens (tertiary/aromatic N) is 2. The van der Waals surface area contributed by atoms with Gasteiger partial charge < -0.3 is 15.4 Å². The summed E-state index contributed by atoms with van der Waals surface area (Å²) >= 11 is 0. The van der Waals surface area contributed by atoms with Crippen molar-refractivity contribution >= 4 is 5.96 Å². The van der Waals surface area contributed by atoms with Crippen LogP contribution in [0.15, 0.2) is 4.99 Å². The first-order valence-corrected chi connectivity index (χ1v) is 8.41. The molecule has 1 fully saturated rings. The Balaban J connectivity index is 2.22. The Hall–Kier alpha value is -0.810. The van der Waals surface area contributed by atoms with Crippen molar-refractivity contribution in [3.63, 3.8) is 0 Å². The van der Waals surface area contributed by atoms with E-state index < -0.39 is 0 Å². The van der Waals surface area contributed by atoms with E-state index in [1.807, 2.05) is 0 Å². The van der Waals surface area contributed by atoms with Crippen LogP contribution in [0.3, 0.4) is 0 Å². The summed E-state index contributed by atoms with van der Waals surface area (Å²) in [6.07, 6.45) is 1.84. The molecule has 0 amide bonds. The molecule has 1 heterocycles. The van der Waals surface area contributed by atoms with Gasteiger partial charge in [0.1, 0.15) is 0 Å². The highest BCUT2D eigenvalue weighted by atomic mass is 16.5. The third kappa shape index (κ3) is 8.27. The van der Waals surface area contributed by atoms with Gasteiger partial charge in [-0.1, -0.05) is 13.8 Å². The second kappa shape index (κ2) is 10.0. The van der Waals surface area contributed by atoms with E-state index in [4.69, 9.17) is 4.74 Å². The lowest BCUT2D eigenvalue weighted by atomic mass is 10.2. The molecule has 5 nitrogen and oxygen atoms in total. The third-order valence-electron chi connectivity index (χ3n) is 3.40. The van der Waals surface area contributed by atoms with Gasteiger partial charge in [0.25, 0.3) is 0 Å². The van der Waals surface area contributed by atoms with Crippen molar-refractivity contribution < 1.29 is 4.74 Å². The van der Waals surface area contributed by atoms with Gasteiger partial charge in [-0.05, 0) is 33.1 Å². The molecule has 124 valence electrons. The van der Waals surface area contributed by atoms with E-state index in [9.17, 15) is 0 Å². The molecule has 1 rings (SSSR count). The van der Waals surface area contributed by atoms with E-state index in [0.717, 1.165) is 51.6 Å². The molecule has 5 heteroatoms. The maximum absolute atomic E-state index is 5.76. The Kier molecular flexibility index (Phi) is 8.69. The minimum absolute atomic E-state index is 0.353. The van der Waals surface area contributed by atoms with E-state index in [2.05, 4.69) is 55.1 Å². The summed E-state index contributed by atoms with van der Waals surface area (Å²) < 4.78 is 5.76. The fourth-order valence-corrected chi connectivity index (χ4v) is 2.59. The number of nitrogens with one attached hydrogen (secondary N) is 2. The van der Waals surface area contributed by atoms with Crippen LogP contribution in [0, 0.1) is 5.92 Å². The SMILES string of the molecule is CCNC(=NCC(C)C)NCCCN1CC(C)OC(C)C1. The molecule has 0 aromatic heterocycles. The van der Waals surface area contributed by atoms with E-state index in [0.29, 0.717) is 18.1 Å². The molecule has 0 saturated carbocycles. The minimum Gasteiger partial charge on any atom is -0.373 e. The number of rotatable bonds is 7. The molecule has 2 unspecified atom stereocenters. The van der Waals surface area contributed by atoms with Gasteiger partial charge in [-0.25, -0.2) is 0 Å². The van der Waals surface area contributed by atoms with Crippen LogP contribution in [0.25, 0.3) is 0 Å². The van der Waals surface area contributed by atoms with Crippen LogP contribution in [-0.2, 0) is 4.74 Å². The average Bonchev–Trinajstić information content (AvgIpc) is 2.39. The van der Waals surface area contributed by atoms with Gasteiger partial charge in [0.2, 0.25) is 0 Å². The van der Waals surface area contributed by atoms with Gasteiger partial charge in [-0.2, -0.15) is 0 Å². The van der Waals surface area contributed by atoms with Gasteiger partial charge >= 0.3 is 0 Å². The van der Waals surface area contributed by atoms with Crippen molar-refractivity contribution in [2.75, 3.05) is 39.3 Å². The second-order valence-electron chi connectivity index (χ2n) is 6.41. The summed E-state index contributed by atoms with van der Waals surface area (Å²) in [5.74, 6) is 1.53. The summed E-state index contributed by atoms with van der Waals surface area (Å²) in [4.78, 5) is 7.08. The van der Waals surface area contributed by atoms with Gasteiger partial charge in [-0.15, -0.1) is 0 Å². The Bertz CT molecular complexity index is 297. The standard InChI is InChI=1S/C16H34N4O/c1-6-17-16(19-10-13(2)3)18-8-7-9-20-11-14(4)21-15(5)12-20/h13-15H,6-12H2,1-5H3,(H2,17,18,19). The van der Waals surface area contributed by atoms with Crippen molar-refractivity contribution in [3.05, 3.63) is 0 Å². The summed E-state index contributed by atoms with van der Waals surface area (Å²) in [5.41, 5.74) is 0. The van der Waals surface area contributed by atoms with Crippen molar-refractivity contribution in [2.24, 2.45) is 10.9 Å². The van der Waals surface area contributed by atoms with Gasteiger partial charge in [0, 0.05) is 39.3 Å². The number of hydrogen-bond acceptors (Lipinski definition) is 3. The van der Waals surface area contributed by atoms with Crippen LogP contribution in [0.4, 0.5) is 0 Å². The normalized spacial score (nSPS) is 24.4. The molecular formula is C16H34N4O. The average molecular weight is 298 g/mol. The first kappa shape index (κ1) is 18.2. The number of hydrogen-bond donors (Lipinski definition) is 2. The highest BCUT2D eigenvalue weighted by Gasteiger charge is 2.21. The Morgan fingerprint density at radius 2 is 1.90 bits per heavy atom. The van der Waals surface area contributed by atoms with Crippen LogP contribution in [0.2, 0.25) is 0 Å². The van der Waals surface area contributed by atoms with E-state index in [1.165, 1.54) is 0 Å². The zero-order chi connectivity index (χ0) is 15.7. The Morgan fingerprint density at radius 3 is 2.48 bits per heavy atom. The maximum Gasteiger partial charge on any atom is 0.191 e. The van der Waals surface area contributed by atoms with Crippen molar-refractivity contribution in [1.29, 1.82) is 0 Å². The smallest absolute Gasteiger partial charge is 0.191 e. The molecular weight excluding hydrogens is 264 g/mol. The van der Waals surface area contributed by atoms with Gasteiger partial charge in [-0.3, -0.25) is 9.89 Å². The molecule has 0 bridgehead atoms. The van der Waals surface area contributed by atoms with Crippen LogP contribution in [0.5, 0.6) is 0 Å². The topological polar surface area (TPSA) is 48.9 Å². The van der Waals surface area contributed by atoms with E-state index in [1.54, 1.807) is 0 Å². The van der Waals surface area contributed by atoms with Crippen molar-refractivity contribution in [3.8, 4) is 0 Å². The quantitative estimate of drug-likeness (QED) is 0.427. The van der Waals surface area contributed by atoms with Crippen LogP contribution in [-0.4, -0.2) is 62.3 Å². The van der Waals surface area contributed by atoms with Crippen LogP contribution in [0.1, 0.15) is 41.0 Å². The fraction of sp³-hybridized carbons (Fsp3) is 0.938. The number of ether oxygens (including phenoxy) is 1. The molecule has 0 aromatic carbocycles. The monoisotopic (exact) mass is 298 g/mol. The third-order valence-corrected chi connectivity index (χ3v) is 3.40. The highest BCUT2D eigenvalue weighted by Crippen LogP contribution is 2.10. The maximum atomic E-state index is 5.76. The molecule has 0 aliphatic carbocycles. The summed E-state index contributed by atoms with van der Waals surface area (Å²) in [6.45, 7) is 16.7. The zero-order valence-corrected chi connectivity index (χ0v) is 14.5. The van der Waals surface area contributed by atoms with Gasteiger partial charge in [0.05, 0.1) is 12.2 Å². The first-order valence-electron chi connectivity index (χ1n) is 8.41.